The molecule has 4 heteroatoms. The Morgan fingerprint density at radius 3 is 2.87 bits per heavy atom. The van der Waals surface area contributed by atoms with Gasteiger partial charge in [0.25, 0.3) is 0 Å². The molecule has 0 spiro atoms. The summed E-state index contributed by atoms with van der Waals surface area (Å²) in [6.45, 7) is 0.680. The number of hydrogen-bond donors (Lipinski definition) is 1. The Kier molecular flexibility index (Phi) is 3.39. The molecule has 2 heterocycles. The molecule has 0 fully saturated rings. The Balaban J connectivity index is 1.87. The highest BCUT2D eigenvalue weighted by molar-refractivity contribution is 5.47. The molecule has 0 amide bonds. The summed E-state index contributed by atoms with van der Waals surface area (Å²) >= 11 is 0. The van der Waals surface area contributed by atoms with Gasteiger partial charge in [0.05, 0.1) is 13.2 Å². The third-order valence-electron chi connectivity index (χ3n) is 4.34. The first-order valence-corrected chi connectivity index (χ1v) is 7.60. The summed E-state index contributed by atoms with van der Waals surface area (Å²) in [5.41, 5.74) is 3.93. The zero-order valence-corrected chi connectivity index (χ0v) is 12.8. The minimum Gasteiger partial charge on any atom is -0.497 e. The summed E-state index contributed by atoms with van der Waals surface area (Å²) < 4.78 is 21.8. The number of rotatable bonds is 2. The van der Waals surface area contributed by atoms with Gasteiger partial charge in [-0.05, 0) is 42.0 Å². The van der Waals surface area contributed by atoms with Crippen LogP contribution in [0.2, 0.25) is 0 Å². The van der Waals surface area contributed by atoms with Gasteiger partial charge in [-0.3, -0.25) is 0 Å². The summed E-state index contributed by atoms with van der Waals surface area (Å²) in [6, 6.07) is 16.9. The lowest BCUT2D eigenvalue weighted by Gasteiger charge is -2.19. The highest BCUT2D eigenvalue weighted by Crippen LogP contribution is 2.33. The van der Waals surface area contributed by atoms with Crippen molar-refractivity contribution in [3.8, 4) is 11.4 Å². The highest BCUT2D eigenvalue weighted by Gasteiger charge is 2.25. The minimum atomic E-state index is -0.234. The molecule has 0 aliphatic carbocycles. The molecule has 0 saturated heterocycles. The molecular weight excluding hydrogens is 291 g/mol. The molecule has 3 nitrogen and oxygen atoms in total. The van der Waals surface area contributed by atoms with E-state index in [1.54, 1.807) is 19.2 Å². The van der Waals surface area contributed by atoms with Crippen LogP contribution in [0.3, 0.4) is 0 Å². The third kappa shape index (κ3) is 2.32. The fourth-order valence-electron chi connectivity index (χ4n) is 3.20. The molecule has 23 heavy (non-hydrogen) atoms. The minimum absolute atomic E-state index is 0.229. The van der Waals surface area contributed by atoms with E-state index < -0.39 is 0 Å². The molecule has 0 unspecified atom stereocenters. The lowest BCUT2D eigenvalue weighted by molar-refractivity contribution is 0.411. The Morgan fingerprint density at radius 1 is 1.13 bits per heavy atom. The SMILES string of the molecule is COc1ccc(F)c([C@@H]2NCc3ccccc3-n3cccc32)c1. The predicted molar refractivity (Wildman–Crippen MR) is 87.4 cm³/mol. The van der Waals surface area contributed by atoms with E-state index in [1.165, 1.54) is 11.6 Å². The van der Waals surface area contributed by atoms with Gasteiger partial charge < -0.3 is 14.6 Å². The zero-order valence-electron chi connectivity index (χ0n) is 12.8. The first-order chi connectivity index (χ1) is 11.3. The second-order valence-electron chi connectivity index (χ2n) is 5.63. The maximum atomic E-state index is 14.4. The number of fused-ring (bicyclic) bond motifs is 3. The third-order valence-corrected chi connectivity index (χ3v) is 4.34. The van der Waals surface area contributed by atoms with Crippen molar-refractivity contribution in [1.82, 2.24) is 9.88 Å². The molecule has 1 N–H and O–H groups in total. The van der Waals surface area contributed by atoms with Gasteiger partial charge in [0.15, 0.2) is 0 Å². The molecule has 1 aromatic heterocycles. The standard InChI is InChI=1S/C19H17FN2O/c1-23-14-8-9-16(20)15(11-14)19-18-7-4-10-22(18)17-6-3-2-5-13(17)12-21-19/h2-11,19,21H,12H2,1H3/t19-/m0/s1. The first-order valence-electron chi connectivity index (χ1n) is 7.60. The van der Waals surface area contributed by atoms with Crippen LogP contribution >= 0.6 is 0 Å². The molecule has 0 saturated carbocycles. The van der Waals surface area contributed by atoms with E-state index in [0.717, 1.165) is 11.4 Å². The molecule has 3 aromatic rings. The maximum absolute atomic E-state index is 14.4. The largest absolute Gasteiger partial charge is 0.497 e. The number of methoxy groups -OCH3 is 1. The van der Waals surface area contributed by atoms with Crippen LogP contribution in [-0.4, -0.2) is 11.7 Å². The van der Waals surface area contributed by atoms with Crippen LogP contribution in [0.15, 0.2) is 60.8 Å². The van der Waals surface area contributed by atoms with Gasteiger partial charge in [-0.2, -0.15) is 0 Å². The molecule has 116 valence electrons. The number of halogens is 1. The van der Waals surface area contributed by atoms with Crippen LogP contribution in [0.5, 0.6) is 5.75 Å². The first kappa shape index (κ1) is 14.0. The van der Waals surface area contributed by atoms with E-state index in [-0.39, 0.29) is 11.9 Å². The summed E-state index contributed by atoms with van der Waals surface area (Å²) in [6.07, 6.45) is 2.02. The number of hydrogen-bond acceptors (Lipinski definition) is 2. The molecule has 0 radical (unpaired) electrons. The Bertz CT molecular complexity index is 856. The maximum Gasteiger partial charge on any atom is 0.128 e. The van der Waals surface area contributed by atoms with Crippen LogP contribution in [0.25, 0.3) is 5.69 Å². The van der Waals surface area contributed by atoms with Gasteiger partial charge in [0.2, 0.25) is 0 Å². The van der Waals surface area contributed by atoms with E-state index >= 15 is 0 Å². The van der Waals surface area contributed by atoms with Crippen molar-refractivity contribution in [1.29, 1.82) is 0 Å². The van der Waals surface area contributed by atoms with Gasteiger partial charge >= 0.3 is 0 Å². The predicted octanol–water partition coefficient (Wildman–Crippen LogP) is 3.82. The number of nitrogens with zero attached hydrogens (tertiary/aromatic N) is 1. The van der Waals surface area contributed by atoms with Crippen molar-refractivity contribution >= 4 is 0 Å². The van der Waals surface area contributed by atoms with Crippen LogP contribution in [-0.2, 0) is 6.54 Å². The average Bonchev–Trinajstić information content (AvgIpc) is 3.00. The Labute approximate surface area is 134 Å². The second-order valence-corrected chi connectivity index (χ2v) is 5.63. The van der Waals surface area contributed by atoms with E-state index in [2.05, 4.69) is 22.0 Å². The van der Waals surface area contributed by atoms with Crippen molar-refractivity contribution in [2.24, 2.45) is 0 Å². The average molecular weight is 308 g/mol. The number of aromatic nitrogens is 1. The fraction of sp³-hybridized carbons (Fsp3) is 0.158. The van der Waals surface area contributed by atoms with Crippen molar-refractivity contribution < 1.29 is 9.13 Å². The van der Waals surface area contributed by atoms with Crippen molar-refractivity contribution in [2.45, 2.75) is 12.6 Å². The van der Waals surface area contributed by atoms with Crippen LogP contribution in [0.4, 0.5) is 4.39 Å². The fourth-order valence-corrected chi connectivity index (χ4v) is 3.20. The number of nitrogens with one attached hydrogen (secondary N) is 1. The van der Waals surface area contributed by atoms with Gasteiger partial charge in [0.1, 0.15) is 11.6 Å². The summed E-state index contributed by atoms with van der Waals surface area (Å²) in [4.78, 5) is 0. The zero-order chi connectivity index (χ0) is 15.8. The summed E-state index contributed by atoms with van der Waals surface area (Å²) in [5, 5.41) is 3.47. The Hall–Kier alpha value is -2.59. The summed E-state index contributed by atoms with van der Waals surface area (Å²) in [7, 11) is 1.59. The quantitative estimate of drug-likeness (QED) is 0.779. The van der Waals surface area contributed by atoms with Crippen molar-refractivity contribution in [3.05, 3.63) is 83.4 Å². The second kappa shape index (κ2) is 5.56. The molecule has 4 rings (SSSR count). The van der Waals surface area contributed by atoms with Gasteiger partial charge in [0, 0.05) is 29.7 Å². The van der Waals surface area contributed by atoms with Crippen molar-refractivity contribution in [2.75, 3.05) is 7.11 Å². The molecule has 1 aliphatic heterocycles. The topological polar surface area (TPSA) is 26.2 Å². The van der Waals surface area contributed by atoms with Crippen LogP contribution in [0.1, 0.15) is 22.9 Å². The Morgan fingerprint density at radius 2 is 2.00 bits per heavy atom. The lowest BCUT2D eigenvalue weighted by Crippen LogP contribution is -2.22. The number of ether oxygens (including phenoxy) is 1. The number of benzene rings is 2. The molecular formula is C19H17FN2O. The molecule has 1 aliphatic rings. The van der Waals surface area contributed by atoms with Crippen LogP contribution in [0, 0.1) is 5.82 Å². The van der Waals surface area contributed by atoms with Crippen LogP contribution < -0.4 is 10.1 Å². The monoisotopic (exact) mass is 308 g/mol. The molecule has 0 bridgehead atoms. The van der Waals surface area contributed by atoms with Crippen molar-refractivity contribution in [3.63, 3.8) is 0 Å². The normalized spacial score (nSPS) is 16.3. The smallest absolute Gasteiger partial charge is 0.128 e. The molecule has 1 atom stereocenters. The summed E-state index contributed by atoms with van der Waals surface area (Å²) in [5.74, 6) is 0.421. The van der Waals surface area contributed by atoms with Gasteiger partial charge in [-0.15, -0.1) is 0 Å². The van der Waals surface area contributed by atoms with E-state index in [1.807, 2.05) is 30.5 Å². The number of para-hydroxylation sites is 1. The van der Waals surface area contributed by atoms with Gasteiger partial charge in [-0.25, -0.2) is 4.39 Å². The lowest BCUT2D eigenvalue weighted by atomic mass is 10.0. The van der Waals surface area contributed by atoms with E-state index in [0.29, 0.717) is 17.9 Å². The van der Waals surface area contributed by atoms with Gasteiger partial charge in [-0.1, -0.05) is 18.2 Å². The van der Waals surface area contributed by atoms with E-state index in [4.69, 9.17) is 4.74 Å². The molecule has 2 aromatic carbocycles. The van der Waals surface area contributed by atoms with E-state index in [9.17, 15) is 4.39 Å². The highest BCUT2D eigenvalue weighted by atomic mass is 19.1.